The molecular formula is C13H17NO2S. The van der Waals surface area contributed by atoms with Gasteiger partial charge in [-0.25, -0.2) is 0 Å². The van der Waals surface area contributed by atoms with E-state index in [0.29, 0.717) is 12.3 Å². The first-order valence-corrected chi connectivity index (χ1v) is 6.83. The molecule has 1 aliphatic rings. The lowest BCUT2D eigenvalue weighted by molar-refractivity contribution is -0.123. The van der Waals surface area contributed by atoms with Crippen molar-refractivity contribution in [1.29, 1.82) is 0 Å². The summed E-state index contributed by atoms with van der Waals surface area (Å²) >= 11 is 1.45. The van der Waals surface area contributed by atoms with Crippen molar-refractivity contribution < 1.29 is 9.59 Å². The van der Waals surface area contributed by atoms with Crippen LogP contribution in [0.25, 0.3) is 0 Å². The number of hydrogen-bond donors (Lipinski definition) is 1. The van der Waals surface area contributed by atoms with Gasteiger partial charge in [-0.2, -0.15) is 0 Å². The molecule has 0 radical (unpaired) electrons. The molecular weight excluding hydrogens is 234 g/mol. The minimum atomic E-state index is -0.0788. The molecule has 1 aromatic heterocycles. The van der Waals surface area contributed by atoms with Gasteiger partial charge in [-0.1, -0.05) is 13.0 Å². The van der Waals surface area contributed by atoms with Gasteiger partial charge in [0.2, 0.25) is 5.91 Å². The second-order valence-corrected chi connectivity index (χ2v) is 5.78. The summed E-state index contributed by atoms with van der Waals surface area (Å²) in [5.74, 6) is 0.894. The van der Waals surface area contributed by atoms with Gasteiger partial charge in [-0.3, -0.25) is 9.59 Å². The van der Waals surface area contributed by atoms with Gasteiger partial charge in [0.25, 0.3) is 0 Å². The number of Topliss-reactive ketones (excluding diaryl/α,β-unsaturated/α-hetero) is 1. The first-order chi connectivity index (χ1) is 8.08. The average molecular weight is 251 g/mol. The molecule has 4 heteroatoms. The molecule has 0 aromatic carbocycles. The van der Waals surface area contributed by atoms with Crippen molar-refractivity contribution >= 4 is 23.0 Å². The summed E-state index contributed by atoms with van der Waals surface area (Å²) in [6, 6.07) is 3.61. The van der Waals surface area contributed by atoms with E-state index in [9.17, 15) is 9.59 Å². The lowest BCUT2D eigenvalue weighted by atomic mass is 10.1. The van der Waals surface area contributed by atoms with Gasteiger partial charge in [0.1, 0.15) is 0 Å². The molecule has 1 fully saturated rings. The minimum Gasteiger partial charge on any atom is -0.353 e. The summed E-state index contributed by atoms with van der Waals surface area (Å²) in [7, 11) is 0. The Morgan fingerprint density at radius 2 is 2.29 bits per heavy atom. The van der Waals surface area contributed by atoms with Crippen LogP contribution in [0.2, 0.25) is 0 Å². The number of carbonyl (C=O) groups is 2. The molecule has 1 heterocycles. The van der Waals surface area contributed by atoms with E-state index in [1.165, 1.54) is 11.3 Å². The quantitative estimate of drug-likeness (QED) is 0.817. The van der Waals surface area contributed by atoms with E-state index in [-0.39, 0.29) is 23.7 Å². The lowest BCUT2D eigenvalue weighted by Gasteiger charge is -2.12. The van der Waals surface area contributed by atoms with Gasteiger partial charge in [0.15, 0.2) is 5.78 Å². The van der Waals surface area contributed by atoms with Crippen molar-refractivity contribution in [1.82, 2.24) is 5.32 Å². The second kappa shape index (κ2) is 5.00. The van der Waals surface area contributed by atoms with E-state index in [1.54, 1.807) is 0 Å². The average Bonchev–Trinajstić information content (AvgIpc) is 2.81. The molecule has 0 unspecified atom stereocenters. The third kappa shape index (κ3) is 3.16. The summed E-state index contributed by atoms with van der Waals surface area (Å²) < 4.78 is 0. The first kappa shape index (κ1) is 12.3. The van der Waals surface area contributed by atoms with Crippen molar-refractivity contribution in [2.24, 2.45) is 11.8 Å². The van der Waals surface area contributed by atoms with E-state index in [1.807, 2.05) is 24.4 Å². The van der Waals surface area contributed by atoms with Gasteiger partial charge in [-0.05, 0) is 30.7 Å². The predicted molar refractivity (Wildman–Crippen MR) is 68.1 cm³/mol. The maximum atomic E-state index is 11.8. The predicted octanol–water partition coefficient (Wildman–Crippen LogP) is 2.48. The molecule has 17 heavy (non-hydrogen) atoms. The summed E-state index contributed by atoms with van der Waals surface area (Å²) in [4.78, 5) is 24.3. The van der Waals surface area contributed by atoms with Crippen LogP contribution in [-0.2, 0) is 4.79 Å². The van der Waals surface area contributed by atoms with Gasteiger partial charge >= 0.3 is 0 Å². The fraction of sp³-hybridized carbons (Fsp3) is 0.538. The Balaban J connectivity index is 1.79. The normalized spacial score (nSPS) is 24.1. The topological polar surface area (TPSA) is 46.2 Å². The number of nitrogens with one attached hydrogen (secondary N) is 1. The van der Waals surface area contributed by atoms with Crippen LogP contribution in [0, 0.1) is 11.8 Å². The fourth-order valence-corrected chi connectivity index (χ4v) is 2.58. The van der Waals surface area contributed by atoms with Crippen LogP contribution in [0.4, 0.5) is 0 Å². The Kier molecular flexibility index (Phi) is 3.62. The van der Waals surface area contributed by atoms with E-state index in [4.69, 9.17) is 0 Å². The van der Waals surface area contributed by atoms with E-state index < -0.39 is 0 Å². The molecule has 3 atom stereocenters. The molecule has 1 N–H and O–H groups in total. The van der Waals surface area contributed by atoms with Gasteiger partial charge < -0.3 is 5.32 Å². The molecule has 1 amide bonds. The first-order valence-electron chi connectivity index (χ1n) is 5.95. The molecule has 1 aromatic rings. The highest BCUT2D eigenvalue weighted by atomic mass is 32.1. The SMILES string of the molecule is C[C@@H](CC(=O)c1cccs1)NC(=O)[C@@H]1C[C@@H]1C. The lowest BCUT2D eigenvalue weighted by Crippen LogP contribution is -2.35. The van der Waals surface area contributed by atoms with Crippen LogP contribution < -0.4 is 5.32 Å². The molecule has 92 valence electrons. The second-order valence-electron chi connectivity index (χ2n) is 4.83. The molecule has 1 aliphatic carbocycles. The highest BCUT2D eigenvalue weighted by Crippen LogP contribution is 2.37. The molecule has 3 nitrogen and oxygen atoms in total. The van der Waals surface area contributed by atoms with E-state index in [2.05, 4.69) is 12.2 Å². The Bertz CT molecular complexity index is 413. The van der Waals surface area contributed by atoms with Crippen molar-refractivity contribution in [3.63, 3.8) is 0 Å². The molecule has 0 saturated heterocycles. The number of ketones is 1. The molecule has 1 saturated carbocycles. The number of rotatable bonds is 5. The van der Waals surface area contributed by atoms with Crippen LogP contribution in [0.3, 0.4) is 0 Å². The van der Waals surface area contributed by atoms with Gasteiger partial charge in [-0.15, -0.1) is 11.3 Å². The Hall–Kier alpha value is -1.16. The largest absolute Gasteiger partial charge is 0.353 e. The van der Waals surface area contributed by atoms with Crippen LogP contribution in [-0.4, -0.2) is 17.7 Å². The smallest absolute Gasteiger partial charge is 0.223 e. The van der Waals surface area contributed by atoms with Gasteiger partial charge in [0.05, 0.1) is 4.88 Å². The molecule has 0 spiro atoms. The summed E-state index contributed by atoms with van der Waals surface area (Å²) in [6.45, 7) is 3.96. The van der Waals surface area contributed by atoms with Crippen LogP contribution >= 0.6 is 11.3 Å². The zero-order valence-corrected chi connectivity index (χ0v) is 10.9. The van der Waals surface area contributed by atoms with Gasteiger partial charge in [0, 0.05) is 18.4 Å². The molecule has 2 rings (SSSR count). The van der Waals surface area contributed by atoms with E-state index in [0.717, 1.165) is 11.3 Å². The number of hydrogen-bond acceptors (Lipinski definition) is 3. The van der Waals surface area contributed by atoms with Crippen molar-refractivity contribution in [3.05, 3.63) is 22.4 Å². The van der Waals surface area contributed by atoms with E-state index >= 15 is 0 Å². The Morgan fingerprint density at radius 1 is 1.59 bits per heavy atom. The third-order valence-corrected chi connectivity index (χ3v) is 4.03. The standard InChI is InChI=1S/C13H17NO2S/c1-8-6-10(8)13(16)14-9(2)7-11(15)12-4-3-5-17-12/h3-5,8-10H,6-7H2,1-2H3,(H,14,16)/t8-,9-,10+/m0/s1. The van der Waals surface area contributed by atoms with Crippen LogP contribution in [0.1, 0.15) is 36.4 Å². The maximum absolute atomic E-state index is 11.8. The van der Waals surface area contributed by atoms with Crippen molar-refractivity contribution in [2.45, 2.75) is 32.7 Å². The number of amides is 1. The van der Waals surface area contributed by atoms with Crippen LogP contribution in [0.5, 0.6) is 0 Å². The monoisotopic (exact) mass is 251 g/mol. The zero-order chi connectivity index (χ0) is 12.4. The van der Waals surface area contributed by atoms with Crippen LogP contribution in [0.15, 0.2) is 17.5 Å². The summed E-state index contributed by atoms with van der Waals surface area (Å²) in [5.41, 5.74) is 0. The number of thiophene rings is 1. The van der Waals surface area contributed by atoms with Crippen molar-refractivity contribution in [3.8, 4) is 0 Å². The molecule has 0 aliphatic heterocycles. The maximum Gasteiger partial charge on any atom is 0.223 e. The fourth-order valence-electron chi connectivity index (χ4n) is 1.90. The third-order valence-electron chi connectivity index (χ3n) is 3.12. The zero-order valence-electron chi connectivity index (χ0n) is 10.1. The highest BCUT2D eigenvalue weighted by Gasteiger charge is 2.39. The molecule has 0 bridgehead atoms. The Labute approximate surface area is 105 Å². The highest BCUT2D eigenvalue weighted by molar-refractivity contribution is 7.12. The Morgan fingerprint density at radius 3 is 2.82 bits per heavy atom. The summed E-state index contributed by atoms with van der Waals surface area (Å²) in [5, 5.41) is 4.80. The van der Waals surface area contributed by atoms with Crippen molar-refractivity contribution in [2.75, 3.05) is 0 Å². The summed E-state index contributed by atoms with van der Waals surface area (Å²) in [6.07, 6.45) is 1.37. The number of carbonyl (C=O) groups excluding carboxylic acids is 2. The minimum absolute atomic E-state index is 0.0788.